The molecule has 1 fully saturated rings. The maximum atomic E-state index is 12.1. The van der Waals surface area contributed by atoms with Gasteiger partial charge in [0.15, 0.2) is 6.61 Å². The maximum absolute atomic E-state index is 12.1. The highest BCUT2D eigenvalue weighted by Gasteiger charge is 2.28. The molecule has 0 saturated carbocycles. The molecule has 0 aromatic heterocycles. The van der Waals surface area contributed by atoms with Gasteiger partial charge in [-0.3, -0.25) is 4.90 Å². The van der Waals surface area contributed by atoms with Gasteiger partial charge >= 0.3 is 6.18 Å². The van der Waals surface area contributed by atoms with E-state index >= 15 is 0 Å². The monoisotopic (exact) mass is 338 g/mol. The first-order valence-electron chi connectivity index (χ1n) is 7.14. The Morgan fingerprint density at radius 3 is 2.55 bits per heavy atom. The Morgan fingerprint density at radius 1 is 1.27 bits per heavy atom. The lowest BCUT2D eigenvalue weighted by molar-refractivity contribution is -0.153. The molecule has 1 aliphatic rings. The number of nitrogens with one attached hydrogen (secondary N) is 1. The Balaban J connectivity index is 0.00000242. The van der Waals surface area contributed by atoms with Crippen LogP contribution in [0.25, 0.3) is 0 Å². The van der Waals surface area contributed by atoms with Gasteiger partial charge in [-0.2, -0.15) is 13.2 Å². The van der Waals surface area contributed by atoms with Crippen LogP contribution < -0.4 is 10.1 Å². The van der Waals surface area contributed by atoms with Gasteiger partial charge in [0.05, 0.1) is 0 Å². The summed E-state index contributed by atoms with van der Waals surface area (Å²) in [7, 11) is 1.97. The minimum atomic E-state index is -4.30. The van der Waals surface area contributed by atoms with E-state index in [9.17, 15) is 13.2 Å². The summed E-state index contributed by atoms with van der Waals surface area (Å²) in [6, 6.07) is 7.37. The quantitative estimate of drug-likeness (QED) is 0.892. The van der Waals surface area contributed by atoms with Crippen molar-refractivity contribution in [3.63, 3.8) is 0 Å². The first kappa shape index (κ1) is 19.1. The summed E-state index contributed by atoms with van der Waals surface area (Å²) in [4.78, 5) is 2.36. The van der Waals surface area contributed by atoms with Crippen LogP contribution in [0.1, 0.15) is 18.4 Å². The summed E-state index contributed by atoms with van der Waals surface area (Å²) in [5.74, 6) is 0.253. The van der Waals surface area contributed by atoms with Crippen molar-refractivity contribution in [3.8, 4) is 5.75 Å². The number of likely N-dealkylation sites (tertiary alicyclic amines) is 1. The van der Waals surface area contributed by atoms with E-state index in [0.717, 1.165) is 31.6 Å². The summed E-state index contributed by atoms with van der Waals surface area (Å²) >= 11 is 0. The fourth-order valence-corrected chi connectivity index (χ4v) is 2.55. The topological polar surface area (TPSA) is 24.5 Å². The molecule has 7 heteroatoms. The Hall–Kier alpha value is -0.980. The minimum absolute atomic E-state index is 0. The smallest absolute Gasteiger partial charge is 0.422 e. The average molecular weight is 339 g/mol. The van der Waals surface area contributed by atoms with Crippen LogP contribution in [-0.2, 0) is 6.54 Å². The summed E-state index contributed by atoms with van der Waals surface area (Å²) in [5.41, 5.74) is 1.09. The molecule has 1 aromatic carbocycles. The van der Waals surface area contributed by atoms with Crippen LogP contribution in [0.15, 0.2) is 24.3 Å². The molecule has 0 amide bonds. The molecule has 0 aliphatic carbocycles. The average Bonchev–Trinajstić information content (AvgIpc) is 2.46. The molecule has 126 valence electrons. The number of piperidine rings is 1. The van der Waals surface area contributed by atoms with Gasteiger partial charge in [0.2, 0.25) is 0 Å². The Kier molecular flexibility index (Phi) is 7.45. The molecule has 1 unspecified atom stereocenters. The molecule has 0 radical (unpaired) electrons. The fraction of sp³-hybridized carbons (Fsp3) is 0.600. The molecule has 1 saturated heterocycles. The van der Waals surface area contributed by atoms with E-state index in [2.05, 4.69) is 10.2 Å². The number of benzene rings is 1. The van der Waals surface area contributed by atoms with E-state index in [4.69, 9.17) is 4.74 Å². The van der Waals surface area contributed by atoms with E-state index in [1.807, 2.05) is 19.2 Å². The van der Waals surface area contributed by atoms with Crippen LogP contribution in [0.5, 0.6) is 5.75 Å². The van der Waals surface area contributed by atoms with Crippen molar-refractivity contribution in [2.45, 2.75) is 31.6 Å². The Morgan fingerprint density at radius 2 is 1.95 bits per heavy atom. The maximum Gasteiger partial charge on any atom is 0.422 e. The third-order valence-corrected chi connectivity index (χ3v) is 3.65. The highest BCUT2D eigenvalue weighted by molar-refractivity contribution is 5.85. The van der Waals surface area contributed by atoms with Gasteiger partial charge in [-0.15, -0.1) is 12.4 Å². The summed E-state index contributed by atoms with van der Waals surface area (Å²) < 4.78 is 40.9. The molecule has 1 heterocycles. The number of halogens is 4. The second kappa shape index (κ2) is 8.60. The second-order valence-corrected chi connectivity index (χ2v) is 5.41. The van der Waals surface area contributed by atoms with E-state index in [0.29, 0.717) is 6.04 Å². The molecule has 0 bridgehead atoms. The van der Waals surface area contributed by atoms with Crippen molar-refractivity contribution in [1.29, 1.82) is 0 Å². The predicted molar refractivity (Wildman–Crippen MR) is 82.6 cm³/mol. The molecule has 0 spiro atoms. The number of rotatable bonds is 5. The van der Waals surface area contributed by atoms with E-state index in [1.165, 1.54) is 6.42 Å². The fourth-order valence-electron chi connectivity index (χ4n) is 2.55. The number of alkyl halides is 3. The van der Waals surface area contributed by atoms with Crippen LogP contribution in [0.2, 0.25) is 0 Å². The molecule has 1 N–H and O–H groups in total. The van der Waals surface area contributed by atoms with Crippen molar-refractivity contribution >= 4 is 12.4 Å². The number of ether oxygens (including phenoxy) is 1. The molecular weight excluding hydrogens is 317 g/mol. The van der Waals surface area contributed by atoms with E-state index < -0.39 is 12.8 Å². The molecule has 1 atom stereocenters. The third-order valence-electron chi connectivity index (χ3n) is 3.65. The number of nitrogens with zero attached hydrogens (tertiary/aromatic N) is 1. The largest absolute Gasteiger partial charge is 0.484 e. The van der Waals surface area contributed by atoms with E-state index in [-0.39, 0.29) is 18.2 Å². The van der Waals surface area contributed by atoms with Gasteiger partial charge in [0.25, 0.3) is 0 Å². The van der Waals surface area contributed by atoms with Gasteiger partial charge in [0, 0.05) is 19.1 Å². The van der Waals surface area contributed by atoms with Crippen molar-refractivity contribution in [2.75, 3.05) is 26.7 Å². The Labute approximate surface area is 135 Å². The SMILES string of the molecule is CNC1CCCN(Cc2ccc(OCC(F)(F)F)cc2)C1.Cl. The zero-order chi connectivity index (χ0) is 15.3. The molecule has 2 rings (SSSR count). The van der Waals surface area contributed by atoms with Crippen LogP contribution >= 0.6 is 12.4 Å². The van der Waals surface area contributed by atoms with Crippen molar-refractivity contribution in [3.05, 3.63) is 29.8 Å². The molecular formula is C15H22ClF3N2O. The Bertz CT molecular complexity index is 439. The van der Waals surface area contributed by atoms with Crippen molar-refractivity contribution in [2.24, 2.45) is 0 Å². The predicted octanol–water partition coefficient (Wildman–Crippen LogP) is 3.23. The van der Waals surface area contributed by atoms with Gasteiger partial charge in [-0.05, 0) is 44.1 Å². The molecule has 3 nitrogen and oxygen atoms in total. The van der Waals surface area contributed by atoms with Crippen LogP contribution in [-0.4, -0.2) is 43.9 Å². The summed E-state index contributed by atoms with van der Waals surface area (Å²) in [6.45, 7) is 1.63. The van der Waals surface area contributed by atoms with E-state index in [1.54, 1.807) is 12.1 Å². The first-order valence-corrected chi connectivity index (χ1v) is 7.14. The number of hydrogen-bond donors (Lipinski definition) is 1. The van der Waals surface area contributed by atoms with Gasteiger partial charge in [0.1, 0.15) is 5.75 Å². The van der Waals surface area contributed by atoms with Crippen molar-refractivity contribution < 1.29 is 17.9 Å². The van der Waals surface area contributed by atoms with Crippen LogP contribution in [0.3, 0.4) is 0 Å². The first-order chi connectivity index (χ1) is 9.96. The number of likely N-dealkylation sites (N-methyl/N-ethyl adjacent to an activating group) is 1. The van der Waals surface area contributed by atoms with Gasteiger partial charge < -0.3 is 10.1 Å². The molecule has 22 heavy (non-hydrogen) atoms. The van der Waals surface area contributed by atoms with Crippen LogP contribution in [0, 0.1) is 0 Å². The number of hydrogen-bond acceptors (Lipinski definition) is 3. The zero-order valence-corrected chi connectivity index (χ0v) is 13.3. The lowest BCUT2D eigenvalue weighted by atomic mass is 10.1. The second-order valence-electron chi connectivity index (χ2n) is 5.41. The highest BCUT2D eigenvalue weighted by Crippen LogP contribution is 2.20. The standard InChI is InChI=1S/C15H21F3N2O.ClH/c1-19-13-3-2-8-20(10-13)9-12-4-6-14(7-5-12)21-11-15(16,17)18;/h4-7,13,19H,2-3,8-11H2,1H3;1H. The summed E-state index contributed by atoms with van der Waals surface area (Å²) in [5, 5.41) is 3.29. The minimum Gasteiger partial charge on any atom is -0.484 e. The third kappa shape index (κ3) is 6.42. The highest BCUT2D eigenvalue weighted by atomic mass is 35.5. The van der Waals surface area contributed by atoms with Crippen LogP contribution in [0.4, 0.5) is 13.2 Å². The molecule has 1 aliphatic heterocycles. The lowest BCUT2D eigenvalue weighted by Crippen LogP contribution is -2.43. The van der Waals surface area contributed by atoms with Gasteiger partial charge in [-0.1, -0.05) is 12.1 Å². The molecule has 1 aromatic rings. The lowest BCUT2D eigenvalue weighted by Gasteiger charge is -2.32. The van der Waals surface area contributed by atoms with Gasteiger partial charge in [-0.25, -0.2) is 0 Å². The summed E-state index contributed by atoms with van der Waals surface area (Å²) in [6.07, 6.45) is -1.94. The van der Waals surface area contributed by atoms with Crippen molar-refractivity contribution in [1.82, 2.24) is 10.2 Å². The normalized spacial score (nSPS) is 19.5. The zero-order valence-electron chi connectivity index (χ0n) is 12.5.